The number of rotatable bonds is 6. The summed E-state index contributed by atoms with van der Waals surface area (Å²) in [6.45, 7) is 6.26. The first-order valence-corrected chi connectivity index (χ1v) is 8.38. The van der Waals surface area contributed by atoms with Gasteiger partial charge in [-0.15, -0.1) is 0 Å². The lowest BCUT2D eigenvalue weighted by molar-refractivity contribution is -0.116. The van der Waals surface area contributed by atoms with Crippen LogP contribution in [0, 0.1) is 12.8 Å². The highest BCUT2D eigenvalue weighted by Gasteiger charge is 2.10. The van der Waals surface area contributed by atoms with E-state index in [9.17, 15) is 9.59 Å². The quantitative estimate of drug-likeness (QED) is 0.704. The number of nitrogens with two attached hydrogens (primary N) is 1. The minimum absolute atomic E-state index is 0.00780. The second kappa shape index (κ2) is 8.33. The number of hydrogen-bond acceptors (Lipinski definition) is 3. The van der Waals surface area contributed by atoms with E-state index in [0.29, 0.717) is 30.1 Å². The lowest BCUT2D eigenvalue weighted by Crippen LogP contribution is -2.24. The Morgan fingerprint density at radius 1 is 1.12 bits per heavy atom. The number of amides is 2. The van der Waals surface area contributed by atoms with Crippen molar-refractivity contribution in [3.05, 3.63) is 59.2 Å². The molecule has 0 aromatic heterocycles. The van der Waals surface area contributed by atoms with Crippen molar-refractivity contribution < 1.29 is 9.59 Å². The Bertz CT molecular complexity index is 769. The molecule has 0 fully saturated rings. The van der Waals surface area contributed by atoms with Crippen molar-refractivity contribution in [3.63, 3.8) is 0 Å². The van der Waals surface area contributed by atoms with Crippen LogP contribution in [-0.4, -0.2) is 11.8 Å². The SMILES string of the molecule is Cc1ccc(N)cc1C(=O)NCc1cccc(NC(=O)CC(C)C)c1. The molecule has 0 aliphatic heterocycles. The standard InChI is InChI=1S/C20H25N3O2/c1-13(2)9-19(24)23-17-6-4-5-15(10-17)12-22-20(25)18-11-16(21)8-7-14(18)3/h4-8,10-11,13H,9,12,21H2,1-3H3,(H,22,25)(H,23,24). The van der Waals surface area contributed by atoms with Crippen LogP contribution in [0.2, 0.25) is 0 Å². The summed E-state index contributed by atoms with van der Waals surface area (Å²) in [5.74, 6) is 0.134. The van der Waals surface area contributed by atoms with Gasteiger partial charge in [-0.25, -0.2) is 0 Å². The van der Waals surface area contributed by atoms with E-state index in [0.717, 1.165) is 16.8 Å². The van der Waals surface area contributed by atoms with E-state index in [1.807, 2.05) is 51.1 Å². The minimum atomic E-state index is -0.168. The Morgan fingerprint density at radius 2 is 1.88 bits per heavy atom. The molecule has 0 aliphatic rings. The van der Waals surface area contributed by atoms with Gasteiger partial charge in [-0.2, -0.15) is 0 Å². The fourth-order valence-electron chi connectivity index (χ4n) is 2.50. The molecule has 0 saturated carbocycles. The van der Waals surface area contributed by atoms with Crippen LogP contribution in [0.5, 0.6) is 0 Å². The normalized spacial score (nSPS) is 10.6. The van der Waals surface area contributed by atoms with Crippen molar-refractivity contribution in [1.82, 2.24) is 5.32 Å². The van der Waals surface area contributed by atoms with Crippen LogP contribution in [0.25, 0.3) is 0 Å². The highest BCUT2D eigenvalue weighted by Crippen LogP contribution is 2.14. The van der Waals surface area contributed by atoms with E-state index in [2.05, 4.69) is 10.6 Å². The number of carbonyl (C=O) groups is 2. The van der Waals surface area contributed by atoms with Crippen molar-refractivity contribution in [2.24, 2.45) is 5.92 Å². The Kier molecular flexibility index (Phi) is 6.17. The molecule has 0 saturated heterocycles. The Morgan fingerprint density at radius 3 is 2.60 bits per heavy atom. The number of hydrogen-bond donors (Lipinski definition) is 3. The molecular weight excluding hydrogens is 314 g/mol. The maximum atomic E-state index is 12.3. The fraction of sp³-hybridized carbons (Fsp3) is 0.300. The predicted octanol–water partition coefficient (Wildman–Crippen LogP) is 3.49. The molecule has 2 aromatic rings. The fourth-order valence-corrected chi connectivity index (χ4v) is 2.50. The number of aryl methyl sites for hydroxylation is 1. The van der Waals surface area contributed by atoms with Crippen molar-refractivity contribution in [2.75, 3.05) is 11.1 Å². The predicted molar refractivity (Wildman–Crippen MR) is 101 cm³/mol. The molecule has 4 N–H and O–H groups in total. The summed E-state index contributed by atoms with van der Waals surface area (Å²) in [5, 5.41) is 5.77. The second-order valence-corrected chi connectivity index (χ2v) is 6.60. The summed E-state index contributed by atoms with van der Waals surface area (Å²) in [7, 11) is 0. The van der Waals surface area contributed by atoms with E-state index in [4.69, 9.17) is 5.73 Å². The van der Waals surface area contributed by atoms with Crippen LogP contribution in [-0.2, 0) is 11.3 Å². The van der Waals surface area contributed by atoms with E-state index < -0.39 is 0 Å². The zero-order valence-corrected chi connectivity index (χ0v) is 14.9. The summed E-state index contributed by atoms with van der Waals surface area (Å²) in [6, 6.07) is 12.7. The van der Waals surface area contributed by atoms with Gasteiger partial charge in [0, 0.05) is 29.9 Å². The number of anilines is 2. The van der Waals surface area contributed by atoms with Crippen LogP contribution < -0.4 is 16.4 Å². The van der Waals surface area contributed by atoms with Crippen LogP contribution >= 0.6 is 0 Å². The summed E-state index contributed by atoms with van der Waals surface area (Å²) >= 11 is 0. The number of nitrogen functional groups attached to an aromatic ring is 1. The number of benzene rings is 2. The van der Waals surface area contributed by atoms with Gasteiger partial charge in [-0.3, -0.25) is 9.59 Å². The molecule has 5 heteroatoms. The zero-order chi connectivity index (χ0) is 18.4. The van der Waals surface area contributed by atoms with E-state index in [1.54, 1.807) is 12.1 Å². The average molecular weight is 339 g/mol. The molecule has 0 unspecified atom stereocenters. The van der Waals surface area contributed by atoms with Crippen LogP contribution in [0.3, 0.4) is 0 Å². The zero-order valence-electron chi connectivity index (χ0n) is 14.9. The smallest absolute Gasteiger partial charge is 0.251 e. The third-order valence-corrected chi connectivity index (χ3v) is 3.76. The maximum absolute atomic E-state index is 12.3. The summed E-state index contributed by atoms with van der Waals surface area (Å²) < 4.78 is 0. The molecule has 0 spiro atoms. The molecule has 5 nitrogen and oxygen atoms in total. The molecule has 2 amide bonds. The van der Waals surface area contributed by atoms with Gasteiger partial charge in [0.1, 0.15) is 0 Å². The van der Waals surface area contributed by atoms with Crippen LogP contribution in [0.4, 0.5) is 11.4 Å². The Balaban J connectivity index is 1.99. The Labute approximate surface area is 148 Å². The Hall–Kier alpha value is -2.82. The molecule has 0 radical (unpaired) electrons. The number of carbonyl (C=O) groups excluding carboxylic acids is 2. The highest BCUT2D eigenvalue weighted by atomic mass is 16.2. The molecular formula is C20H25N3O2. The third kappa shape index (κ3) is 5.64. The van der Waals surface area contributed by atoms with E-state index >= 15 is 0 Å². The van der Waals surface area contributed by atoms with Crippen molar-refractivity contribution >= 4 is 23.2 Å². The van der Waals surface area contributed by atoms with Gasteiger partial charge in [-0.05, 0) is 48.2 Å². The van der Waals surface area contributed by atoms with Crippen molar-refractivity contribution in [2.45, 2.75) is 33.7 Å². The lowest BCUT2D eigenvalue weighted by atomic mass is 10.1. The largest absolute Gasteiger partial charge is 0.399 e. The topological polar surface area (TPSA) is 84.2 Å². The van der Waals surface area contributed by atoms with Gasteiger partial charge >= 0.3 is 0 Å². The molecule has 2 rings (SSSR count). The summed E-state index contributed by atoms with van der Waals surface area (Å²) in [5.41, 5.74) is 9.41. The average Bonchev–Trinajstić information content (AvgIpc) is 2.54. The number of nitrogens with one attached hydrogen (secondary N) is 2. The van der Waals surface area contributed by atoms with E-state index in [-0.39, 0.29) is 11.8 Å². The van der Waals surface area contributed by atoms with Crippen molar-refractivity contribution in [1.29, 1.82) is 0 Å². The molecule has 25 heavy (non-hydrogen) atoms. The molecule has 0 aliphatic carbocycles. The van der Waals surface area contributed by atoms with Gasteiger partial charge in [0.25, 0.3) is 5.91 Å². The highest BCUT2D eigenvalue weighted by molar-refractivity contribution is 5.96. The van der Waals surface area contributed by atoms with E-state index in [1.165, 1.54) is 0 Å². The first-order chi connectivity index (χ1) is 11.8. The third-order valence-electron chi connectivity index (χ3n) is 3.76. The lowest BCUT2D eigenvalue weighted by Gasteiger charge is -2.11. The van der Waals surface area contributed by atoms with Gasteiger partial charge < -0.3 is 16.4 Å². The molecule has 0 atom stereocenters. The van der Waals surface area contributed by atoms with Crippen molar-refractivity contribution in [3.8, 4) is 0 Å². The van der Waals surface area contributed by atoms with Gasteiger partial charge in [-0.1, -0.05) is 32.0 Å². The minimum Gasteiger partial charge on any atom is -0.399 e. The summed E-state index contributed by atoms with van der Waals surface area (Å²) in [6.07, 6.45) is 0.482. The molecule has 0 bridgehead atoms. The van der Waals surface area contributed by atoms with Gasteiger partial charge in [0.05, 0.1) is 0 Å². The molecule has 2 aromatic carbocycles. The van der Waals surface area contributed by atoms with Gasteiger partial charge in [0.15, 0.2) is 0 Å². The van der Waals surface area contributed by atoms with Crippen LogP contribution in [0.15, 0.2) is 42.5 Å². The second-order valence-electron chi connectivity index (χ2n) is 6.60. The molecule has 132 valence electrons. The maximum Gasteiger partial charge on any atom is 0.251 e. The monoisotopic (exact) mass is 339 g/mol. The summed E-state index contributed by atoms with van der Waals surface area (Å²) in [4.78, 5) is 24.2. The van der Waals surface area contributed by atoms with Gasteiger partial charge in [0.2, 0.25) is 5.91 Å². The molecule has 0 heterocycles. The first-order valence-electron chi connectivity index (χ1n) is 8.38. The van der Waals surface area contributed by atoms with Crippen LogP contribution in [0.1, 0.15) is 41.8 Å². The first kappa shape index (κ1) is 18.5.